The number of aliphatic carboxylic acids is 1. The van der Waals surface area contributed by atoms with Gasteiger partial charge in [-0.25, -0.2) is 14.2 Å². The molecule has 0 saturated carbocycles. The fraction of sp³-hybridized carbons (Fsp3) is 0.238. The number of carbonyl (C=O) groups is 1. The second kappa shape index (κ2) is 9.82. The fourth-order valence-electron chi connectivity index (χ4n) is 2.66. The van der Waals surface area contributed by atoms with Crippen LogP contribution in [-0.4, -0.2) is 28.8 Å². The number of nitrogens with zero attached hydrogens (tertiary/aromatic N) is 1. The van der Waals surface area contributed by atoms with Crippen molar-refractivity contribution in [1.82, 2.24) is 4.98 Å². The van der Waals surface area contributed by atoms with Gasteiger partial charge >= 0.3 is 5.97 Å². The quantitative estimate of drug-likeness (QED) is 0.499. The van der Waals surface area contributed by atoms with Gasteiger partial charge in [0.2, 0.25) is 0 Å². The highest BCUT2D eigenvalue weighted by Crippen LogP contribution is 2.26. The lowest BCUT2D eigenvalue weighted by Crippen LogP contribution is -2.26. The largest absolute Gasteiger partial charge is 0.487 e. The third-order valence-electron chi connectivity index (χ3n) is 4.10. The summed E-state index contributed by atoms with van der Waals surface area (Å²) in [6.45, 7) is 2.13. The first-order valence-electron chi connectivity index (χ1n) is 8.92. The van der Waals surface area contributed by atoms with Crippen LogP contribution in [0.25, 0.3) is 10.6 Å². The van der Waals surface area contributed by atoms with Crippen molar-refractivity contribution in [3.8, 4) is 16.3 Å². The molecule has 5 nitrogen and oxygen atoms in total. The molecule has 1 aromatic heterocycles. The van der Waals surface area contributed by atoms with E-state index in [2.05, 4.69) is 4.98 Å². The molecule has 152 valence electrons. The highest BCUT2D eigenvalue weighted by molar-refractivity contribution is 7.13. The van der Waals surface area contributed by atoms with Crippen molar-refractivity contribution in [3.05, 3.63) is 69.9 Å². The SMILES string of the molecule is CCO[C@@H](Cc1ccc(OCc2csc(-c3ccc(Cl)cc3)n2)cc1F)C(=O)O. The lowest BCUT2D eigenvalue weighted by Gasteiger charge is -2.13. The number of hydrogen-bond acceptors (Lipinski definition) is 5. The molecule has 0 fully saturated rings. The van der Waals surface area contributed by atoms with E-state index in [1.807, 2.05) is 17.5 Å². The van der Waals surface area contributed by atoms with Gasteiger partial charge in [-0.3, -0.25) is 0 Å². The van der Waals surface area contributed by atoms with Gasteiger partial charge in [-0.15, -0.1) is 11.3 Å². The molecule has 3 aromatic rings. The van der Waals surface area contributed by atoms with Crippen LogP contribution >= 0.6 is 22.9 Å². The van der Waals surface area contributed by atoms with Gasteiger partial charge in [0.1, 0.15) is 23.2 Å². The number of carboxylic acid groups (broad SMARTS) is 1. The Hall–Kier alpha value is -2.48. The van der Waals surface area contributed by atoms with Gasteiger partial charge in [-0.2, -0.15) is 0 Å². The van der Waals surface area contributed by atoms with E-state index in [9.17, 15) is 9.18 Å². The van der Waals surface area contributed by atoms with E-state index < -0.39 is 17.9 Å². The molecule has 1 atom stereocenters. The minimum Gasteiger partial charge on any atom is -0.487 e. The van der Waals surface area contributed by atoms with Gasteiger partial charge in [-0.1, -0.05) is 29.8 Å². The minimum absolute atomic E-state index is 0.0498. The molecule has 8 heteroatoms. The molecule has 0 radical (unpaired) electrons. The zero-order chi connectivity index (χ0) is 20.8. The van der Waals surface area contributed by atoms with Gasteiger partial charge in [-0.05, 0) is 30.7 Å². The number of ether oxygens (including phenoxy) is 2. The van der Waals surface area contributed by atoms with Crippen molar-refractivity contribution in [2.24, 2.45) is 0 Å². The molecule has 0 saturated heterocycles. The Kier molecular flexibility index (Phi) is 7.19. The van der Waals surface area contributed by atoms with Crippen LogP contribution in [0.5, 0.6) is 5.75 Å². The maximum atomic E-state index is 14.3. The van der Waals surface area contributed by atoms with Crippen LogP contribution in [0.4, 0.5) is 4.39 Å². The van der Waals surface area contributed by atoms with E-state index in [4.69, 9.17) is 26.2 Å². The summed E-state index contributed by atoms with van der Waals surface area (Å²) in [6.07, 6.45) is -1.13. The van der Waals surface area contributed by atoms with Crippen molar-refractivity contribution in [3.63, 3.8) is 0 Å². The summed E-state index contributed by atoms with van der Waals surface area (Å²) in [4.78, 5) is 15.7. The Morgan fingerprint density at radius 3 is 2.69 bits per heavy atom. The highest BCUT2D eigenvalue weighted by atomic mass is 35.5. The zero-order valence-corrected chi connectivity index (χ0v) is 17.2. The maximum absolute atomic E-state index is 14.3. The van der Waals surface area contributed by atoms with Crippen LogP contribution in [0.2, 0.25) is 5.02 Å². The fourth-order valence-corrected chi connectivity index (χ4v) is 3.59. The molecule has 1 heterocycles. The number of carboxylic acids is 1. The number of thiazole rings is 1. The average molecular weight is 436 g/mol. The smallest absolute Gasteiger partial charge is 0.333 e. The summed E-state index contributed by atoms with van der Waals surface area (Å²) in [5, 5.41) is 12.5. The average Bonchev–Trinajstić information content (AvgIpc) is 3.17. The molecule has 0 spiro atoms. The van der Waals surface area contributed by atoms with Gasteiger partial charge in [0.05, 0.1) is 5.69 Å². The standard InChI is InChI=1S/C21H19ClFNO4S/c1-2-27-19(21(25)26)9-14-5-8-17(10-18(14)23)28-11-16-12-29-20(24-16)13-3-6-15(22)7-4-13/h3-8,10,12,19H,2,9,11H2,1H3,(H,25,26)/t19-/m0/s1. The summed E-state index contributed by atoms with van der Waals surface area (Å²) in [7, 11) is 0. The van der Waals surface area contributed by atoms with Crippen LogP contribution in [0, 0.1) is 5.82 Å². The topological polar surface area (TPSA) is 68.7 Å². The molecule has 3 rings (SSSR count). The second-order valence-corrected chi connectivity index (χ2v) is 7.47. The molecule has 2 aromatic carbocycles. The summed E-state index contributed by atoms with van der Waals surface area (Å²) >= 11 is 7.39. The van der Waals surface area contributed by atoms with Gasteiger partial charge in [0, 0.05) is 35.1 Å². The lowest BCUT2D eigenvalue weighted by molar-refractivity contribution is -0.150. The van der Waals surface area contributed by atoms with Crippen LogP contribution in [-0.2, 0) is 22.6 Å². The summed E-state index contributed by atoms with van der Waals surface area (Å²) in [5.74, 6) is -1.31. The molecule has 0 unspecified atom stereocenters. The normalized spacial score (nSPS) is 12.0. The Morgan fingerprint density at radius 2 is 2.03 bits per heavy atom. The number of hydrogen-bond donors (Lipinski definition) is 1. The maximum Gasteiger partial charge on any atom is 0.333 e. The molecular weight excluding hydrogens is 417 g/mol. The molecule has 1 N–H and O–H groups in total. The summed E-state index contributed by atoms with van der Waals surface area (Å²) in [5.41, 5.74) is 1.95. The Labute approximate surface area is 176 Å². The van der Waals surface area contributed by atoms with Crippen molar-refractivity contribution in [2.75, 3.05) is 6.61 Å². The summed E-state index contributed by atoms with van der Waals surface area (Å²) < 4.78 is 25.1. The number of rotatable bonds is 9. The van der Waals surface area contributed by atoms with Gasteiger partial charge in [0.15, 0.2) is 6.10 Å². The van der Waals surface area contributed by atoms with Crippen molar-refractivity contribution in [1.29, 1.82) is 0 Å². The first-order chi connectivity index (χ1) is 14.0. The van der Waals surface area contributed by atoms with E-state index in [1.165, 1.54) is 23.5 Å². The highest BCUT2D eigenvalue weighted by Gasteiger charge is 2.20. The molecule has 0 amide bonds. The molecule has 0 aliphatic heterocycles. The van der Waals surface area contributed by atoms with Gasteiger partial charge in [0.25, 0.3) is 0 Å². The van der Waals surface area contributed by atoms with Gasteiger partial charge < -0.3 is 14.6 Å². The zero-order valence-electron chi connectivity index (χ0n) is 15.6. The predicted molar refractivity (Wildman–Crippen MR) is 110 cm³/mol. The molecule has 0 bridgehead atoms. The molecule has 0 aliphatic carbocycles. The van der Waals surface area contributed by atoms with Crippen molar-refractivity contribution >= 4 is 28.9 Å². The predicted octanol–water partition coefficient (Wildman–Crippen LogP) is 5.21. The van der Waals surface area contributed by atoms with Crippen LogP contribution < -0.4 is 4.74 Å². The van der Waals surface area contributed by atoms with E-state index in [1.54, 1.807) is 25.1 Å². The third-order valence-corrected chi connectivity index (χ3v) is 5.29. The molecule has 0 aliphatic rings. The van der Waals surface area contributed by atoms with E-state index in [0.717, 1.165) is 16.3 Å². The summed E-state index contributed by atoms with van der Waals surface area (Å²) in [6, 6.07) is 11.8. The van der Waals surface area contributed by atoms with Crippen LogP contribution in [0.15, 0.2) is 47.8 Å². The Balaban J connectivity index is 1.62. The monoisotopic (exact) mass is 435 g/mol. The minimum atomic E-state index is -1.12. The second-order valence-electron chi connectivity index (χ2n) is 6.18. The Morgan fingerprint density at radius 1 is 1.28 bits per heavy atom. The lowest BCUT2D eigenvalue weighted by atomic mass is 10.1. The number of aromatic nitrogens is 1. The first kappa shape index (κ1) is 21.2. The van der Waals surface area contributed by atoms with Crippen LogP contribution in [0.3, 0.4) is 0 Å². The van der Waals surface area contributed by atoms with Crippen molar-refractivity contribution in [2.45, 2.75) is 26.1 Å². The number of benzene rings is 2. The van der Waals surface area contributed by atoms with Crippen LogP contribution in [0.1, 0.15) is 18.2 Å². The first-order valence-corrected chi connectivity index (χ1v) is 10.2. The van der Waals surface area contributed by atoms with Crippen molar-refractivity contribution < 1.29 is 23.8 Å². The molecular formula is C21H19ClFNO4S. The third kappa shape index (κ3) is 5.76. The van der Waals surface area contributed by atoms with E-state index >= 15 is 0 Å². The van der Waals surface area contributed by atoms with E-state index in [-0.39, 0.29) is 25.2 Å². The Bertz CT molecular complexity index is 977. The number of halogens is 2. The molecule has 29 heavy (non-hydrogen) atoms. The van der Waals surface area contributed by atoms with E-state index in [0.29, 0.717) is 10.8 Å².